The van der Waals surface area contributed by atoms with Crippen LogP contribution >= 0.6 is 0 Å². The first-order chi connectivity index (χ1) is 18.6. The third-order valence-electron chi connectivity index (χ3n) is 6.91. The molecule has 3 aromatic rings. The lowest BCUT2D eigenvalue weighted by Gasteiger charge is -2.32. The molecule has 2 aliphatic heterocycles. The minimum Gasteiger partial charge on any atom is -0.495 e. The van der Waals surface area contributed by atoms with E-state index in [1.165, 1.54) is 36.3 Å². The van der Waals surface area contributed by atoms with Crippen molar-refractivity contribution in [1.82, 2.24) is 19.6 Å². The molecule has 12 heteroatoms. The van der Waals surface area contributed by atoms with Crippen LogP contribution in [0, 0.1) is 5.82 Å². The highest BCUT2D eigenvalue weighted by Crippen LogP contribution is 2.38. The lowest BCUT2D eigenvalue weighted by molar-refractivity contribution is -0.189. The zero-order chi connectivity index (χ0) is 27.9. The quantitative estimate of drug-likeness (QED) is 0.429. The van der Waals surface area contributed by atoms with E-state index in [1.807, 2.05) is 0 Å². The number of likely N-dealkylation sites (tertiary alicyclic amines) is 1. The molecular formula is C27H26F4N4O4. The summed E-state index contributed by atoms with van der Waals surface area (Å²) < 4.78 is 65.7. The predicted molar refractivity (Wildman–Crippen MR) is 132 cm³/mol. The summed E-state index contributed by atoms with van der Waals surface area (Å²) in [7, 11) is 1.26. The van der Waals surface area contributed by atoms with Crippen LogP contribution in [0.4, 0.5) is 17.6 Å². The minimum atomic E-state index is -4.67. The zero-order valence-electron chi connectivity index (χ0n) is 21.3. The number of ether oxygens (including phenoxy) is 2. The van der Waals surface area contributed by atoms with Crippen LogP contribution in [-0.2, 0) is 13.0 Å². The standard InChI is InChI=1S/C27H26F4N4O4/c1-16(27(29,30)31)39-22-9-8-20(25(36)33-11-3-12-33)24(38-2)23(22)26(37)34-13-10-21-17(14-34)15-35(32-21)19-6-4-18(28)5-7-19/h4-9,15-16H,3,10-14H2,1-2H3. The number of benzene rings is 2. The Bertz CT molecular complexity index is 1400. The van der Waals surface area contributed by atoms with Gasteiger partial charge in [-0.05, 0) is 49.7 Å². The van der Waals surface area contributed by atoms with Crippen molar-refractivity contribution >= 4 is 11.8 Å². The van der Waals surface area contributed by atoms with Crippen molar-refractivity contribution in [3.05, 3.63) is 70.8 Å². The van der Waals surface area contributed by atoms with Crippen LogP contribution in [0.3, 0.4) is 0 Å². The molecule has 1 fully saturated rings. The van der Waals surface area contributed by atoms with Gasteiger partial charge in [-0.1, -0.05) is 0 Å². The molecule has 2 aromatic carbocycles. The van der Waals surface area contributed by atoms with Gasteiger partial charge in [-0.25, -0.2) is 9.07 Å². The lowest BCUT2D eigenvalue weighted by atomic mass is 10.0. The Morgan fingerprint density at radius 1 is 1.00 bits per heavy atom. The fourth-order valence-electron chi connectivity index (χ4n) is 4.56. The summed E-state index contributed by atoms with van der Waals surface area (Å²) in [4.78, 5) is 29.9. The maximum Gasteiger partial charge on any atom is 0.425 e. The molecule has 5 rings (SSSR count). The maximum atomic E-state index is 13.9. The summed E-state index contributed by atoms with van der Waals surface area (Å²) in [6, 6.07) is 8.33. The molecule has 0 bridgehead atoms. The zero-order valence-corrected chi connectivity index (χ0v) is 21.3. The molecule has 0 N–H and O–H groups in total. The molecule has 39 heavy (non-hydrogen) atoms. The number of nitrogens with zero attached hydrogens (tertiary/aromatic N) is 4. The first kappa shape index (κ1) is 26.5. The van der Waals surface area contributed by atoms with Crippen LogP contribution < -0.4 is 9.47 Å². The van der Waals surface area contributed by atoms with E-state index in [2.05, 4.69) is 5.10 Å². The van der Waals surface area contributed by atoms with Crippen LogP contribution in [-0.4, -0.2) is 70.4 Å². The summed E-state index contributed by atoms with van der Waals surface area (Å²) in [5, 5.41) is 4.54. The van der Waals surface area contributed by atoms with Crippen molar-refractivity contribution in [2.45, 2.75) is 38.6 Å². The van der Waals surface area contributed by atoms with Gasteiger partial charge in [-0.2, -0.15) is 18.3 Å². The van der Waals surface area contributed by atoms with E-state index < -0.39 is 18.2 Å². The third-order valence-corrected chi connectivity index (χ3v) is 6.91. The smallest absolute Gasteiger partial charge is 0.425 e. The van der Waals surface area contributed by atoms with Crippen molar-refractivity contribution in [3.63, 3.8) is 0 Å². The number of halogens is 4. The third kappa shape index (κ3) is 5.15. The van der Waals surface area contributed by atoms with Crippen LogP contribution in [0.2, 0.25) is 0 Å². The molecule has 0 saturated carbocycles. The van der Waals surface area contributed by atoms with Gasteiger partial charge in [0.25, 0.3) is 11.8 Å². The normalized spacial score (nSPS) is 15.8. The Labute approximate surface area is 221 Å². The number of carbonyl (C=O) groups is 2. The fraction of sp³-hybridized carbons (Fsp3) is 0.370. The number of alkyl halides is 3. The first-order valence-corrected chi connectivity index (χ1v) is 12.4. The van der Waals surface area contributed by atoms with Crippen molar-refractivity contribution in [2.75, 3.05) is 26.7 Å². The van der Waals surface area contributed by atoms with Crippen molar-refractivity contribution in [2.24, 2.45) is 0 Å². The number of carbonyl (C=O) groups excluding carboxylic acids is 2. The summed E-state index contributed by atoms with van der Waals surface area (Å²) >= 11 is 0. The van der Waals surface area contributed by atoms with Gasteiger partial charge in [0, 0.05) is 44.4 Å². The van der Waals surface area contributed by atoms with Crippen LogP contribution in [0.1, 0.15) is 45.3 Å². The highest BCUT2D eigenvalue weighted by molar-refractivity contribution is 6.06. The molecule has 0 spiro atoms. The second kappa shape index (κ2) is 10.2. The molecule has 3 heterocycles. The first-order valence-electron chi connectivity index (χ1n) is 12.4. The number of hydrogen-bond donors (Lipinski definition) is 0. The van der Waals surface area contributed by atoms with E-state index in [-0.39, 0.29) is 47.4 Å². The van der Waals surface area contributed by atoms with Gasteiger partial charge < -0.3 is 19.3 Å². The maximum absolute atomic E-state index is 13.9. The molecule has 0 radical (unpaired) electrons. The number of aromatic nitrogens is 2. The van der Waals surface area contributed by atoms with Crippen LogP contribution in [0.25, 0.3) is 5.69 Å². The predicted octanol–water partition coefficient (Wildman–Crippen LogP) is 4.39. The molecule has 8 nitrogen and oxygen atoms in total. The Balaban J connectivity index is 1.49. The average Bonchev–Trinajstić information content (AvgIpc) is 3.30. The van der Waals surface area contributed by atoms with E-state index in [4.69, 9.17) is 9.47 Å². The van der Waals surface area contributed by atoms with Gasteiger partial charge in [-0.15, -0.1) is 0 Å². The SMILES string of the molecule is COc1c(C(=O)N2CCC2)ccc(OC(C)C(F)(F)F)c1C(=O)N1CCc2nn(-c3ccc(F)cc3)cc2C1. The molecule has 206 valence electrons. The Morgan fingerprint density at radius 2 is 1.72 bits per heavy atom. The summed E-state index contributed by atoms with van der Waals surface area (Å²) in [6.07, 6.45) is -3.92. The largest absolute Gasteiger partial charge is 0.495 e. The molecular weight excluding hydrogens is 520 g/mol. The van der Waals surface area contributed by atoms with E-state index in [9.17, 15) is 27.2 Å². The average molecular weight is 547 g/mol. The topological polar surface area (TPSA) is 76.9 Å². The highest BCUT2D eigenvalue weighted by atomic mass is 19.4. The Hall–Kier alpha value is -4.09. The number of hydrogen-bond acceptors (Lipinski definition) is 5. The second-order valence-corrected chi connectivity index (χ2v) is 9.47. The van der Waals surface area contributed by atoms with Gasteiger partial charge in [-0.3, -0.25) is 9.59 Å². The van der Waals surface area contributed by atoms with Gasteiger partial charge in [0.15, 0.2) is 6.10 Å². The summed E-state index contributed by atoms with van der Waals surface area (Å²) in [5.41, 5.74) is 1.96. The minimum absolute atomic E-state index is 0.0781. The van der Waals surface area contributed by atoms with Crippen molar-refractivity contribution in [1.29, 1.82) is 0 Å². The van der Waals surface area contributed by atoms with E-state index >= 15 is 0 Å². The highest BCUT2D eigenvalue weighted by Gasteiger charge is 2.40. The van der Waals surface area contributed by atoms with Crippen molar-refractivity contribution < 1.29 is 36.6 Å². The summed E-state index contributed by atoms with van der Waals surface area (Å²) in [6.45, 7) is 2.28. The molecule has 1 aromatic heterocycles. The van der Waals surface area contributed by atoms with E-state index in [0.717, 1.165) is 24.6 Å². The van der Waals surface area contributed by atoms with Crippen LogP contribution in [0.5, 0.6) is 11.5 Å². The Morgan fingerprint density at radius 3 is 2.33 bits per heavy atom. The second-order valence-electron chi connectivity index (χ2n) is 9.47. The van der Waals surface area contributed by atoms with Gasteiger partial charge >= 0.3 is 6.18 Å². The number of fused-ring (bicyclic) bond motifs is 1. The molecule has 1 saturated heterocycles. The fourth-order valence-corrected chi connectivity index (χ4v) is 4.56. The molecule has 1 atom stereocenters. The van der Waals surface area contributed by atoms with Gasteiger partial charge in [0.1, 0.15) is 22.9 Å². The molecule has 2 amide bonds. The van der Waals surface area contributed by atoms with Gasteiger partial charge in [0.2, 0.25) is 0 Å². The number of methoxy groups -OCH3 is 1. The molecule has 0 aliphatic carbocycles. The van der Waals surface area contributed by atoms with Crippen molar-refractivity contribution in [3.8, 4) is 17.2 Å². The molecule has 2 aliphatic rings. The molecule has 1 unspecified atom stereocenters. The lowest BCUT2D eigenvalue weighted by Crippen LogP contribution is -2.42. The van der Waals surface area contributed by atoms with E-state index in [1.54, 1.807) is 27.9 Å². The number of amides is 2. The van der Waals surface area contributed by atoms with Crippen LogP contribution in [0.15, 0.2) is 42.6 Å². The Kier molecular flexibility index (Phi) is 6.96. The summed E-state index contributed by atoms with van der Waals surface area (Å²) in [5.74, 6) is -1.83. The van der Waals surface area contributed by atoms with E-state index in [0.29, 0.717) is 25.2 Å². The van der Waals surface area contributed by atoms with Gasteiger partial charge in [0.05, 0.1) is 24.1 Å². The number of rotatable bonds is 6. The monoisotopic (exact) mass is 546 g/mol.